The van der Waals surface area contributed by atoms with Gasteiger partial charge in [0.25, 0.3) is 30.6 Å². The molecule has 584 valence electrons. The Balaban J connectivity index is 0.000000188. The van der Waals surface area contributed by atoms with E-state index < -0.39 is 132 Å². The second kappa shape index (κ2) is 34.5. The fourth-order valence-electron chi connectivity index (χ4n) is 11.1. The summed E-state index contributed by atoms with van der Waals surface area (Å²) in [5, 5.41) is 7.32. The topological polar surface area (TPSA) is 374 Å². The molecule has 2 unspecified atom stereocenters. The van der Waals surface area contributed by atoms with E-state index in [0.717, 1.165) is 81.2 Å². The first-order valence-corrected chi connectivity index (χ1v) is 45.1. The third kappa shape index (κ3) is 22.4. The van der Waals surface area contributed by atoms with Crippen LogP contribution in [-0.2, 0) is 75.1 Å². The molecule has 109 heavy (non-hydrogen) atoms. The number of halogens is 6. The van der Waals surface area contributed by atoms with Crippen LogP contribution in [0.1, 0.15) is 59.4 Å². The Morgan fingerprint density at radius 2 is 0.606 bits per heavy atom. The monoisotopic (exact) mass is 1730 g/mol. The van der Waals surface area contributed by atoms with E-state index in [-0.39, 0.29) is 58.8 Å². The number of carbonyl (C=O) groups excluding carboxylic acids is 3. The summed E-state index contributed by atoms with van der Waals surface area (Å²) < 4.78 is 203. The summed E-state index contributed by atoms with van der Waals surface area (Å²) in [6.45, 7) is 0. The summed E-state index contributed by atoms with van der Waals surface area (Å²) in [7, 11) is -18.1. The molecule has 3 aliphatic rings. The first-order valence-electron chi connectivity index (χ1n) is 31.5. The van der Waals surface area contributed by atoms with Crippen LogP contribution in [0.5, 0.6) is 0 Å². The van der Waals surface area contributed by atoms with E-state index in [4.69, 9.17) is 34.8 Å². The van der Waals surface area contributed by atoms with Gasteiger partial charge in [-0.15, -0.1) is 34.0 Å². The predicted molar refractivity (Wildman–Crippen MR) is 424 cm³/mol. The zero-order valence-electron chi connectivity index (χ0n) is 57.1. The third-order valence-corrected chi connectivity index (χ3v) is 27.7. The average Bonchev–Trinajstić information content (AvgIpc) is 1.70. The normalized spacial score (nSPS) is 19.9. The fraction of sp³-hybridized carbons (Fsp3) is 0.239. The van der Waals surface area contributed by atoms with Crippen LogP contribution in [0.2, 0.25) is 15.1 Å². The number of nitrogens with zero attached hydrogens (tertiary/aromatic N) is 3. The van der Waals surface area contributed by atoms with Gasteiger partial charge in [-0.2, -0.15) is 52.3 Å². The first-order chi connectivity index (χ1) is 50.5. The number of nitrogens with one attached hydrogen (secondary N) is 9. The van der Waals surface area contributed by atoms with Gasteiger partial charge in [-0.3, -0.25) is 28.5 Å². The van der Waals surface area contributed by atoms with Crippen LogP contribution in [0.15, 0.2) is 164 Å². The Labute approximate surface area is 656 Å². The molecule has 3 fully saturated rings. The van der Waals surface area contributed by atoms with Crippen molar-refractivity contribution >= 4 is 181 Å². The van der Waals surface area contributed by atoms with Gasteiger partial charge in [0.1, 0.15) is 35.6 Å². The minimum atomic E-state index is -3.96. The lowest BCUT2D eigenvalue weighted by Crippen LogP contribution is -2.55. The van der Waals surface area contributed by atoms with Crippen molar-refractivity contribution in [3.05, 3.63) is 211 Å². The zero-order valence-corrected chi connectivity index (χ0v) is 66.7. The molecule has 12 rings (SSSR count). The molecule has 9 aromatic rings. The summed E-state index contributed by atoms with van der Waals surface area (Å²) >= 11 is 21.4. The van der Waals surface area contributed by atoms with Crippen molar-refractivity contribution in [3.63, 3.8) is 0 Å². The van der Waals surface area contributed by atoms with Crippen LogP contribution >= 0.6 is 68.8 Å². The zero-order chi connectivity index (χ0) is 78.8. The number of likely N-dealkylation sites (N-methyl/N-ethyl adjacent to an activating group) is 3. The van der Waals surface area contributed by atoms with E-state index in [1.807, 2.05) is 18.2 Å². The maximum Gasteiger partial charge on any atom is 0.280 e. The molecule has 0 bridgehead atoms. The van der Waals surface area contributed by atoms with Crippen LogP contribution in [0.3, 0.4) is 0 Å². The highest BCUT2D eigenvalue weighted by Gasteiger charge is 2.44. The van der Waals surface area contributed by atoms with Gasteiger partial charge in [-0.25, -0.2) is 38.4 Å². The highest BCUT2D eigenvalue weighted by atomic mass is 35.5. The van der Waals surface area contributed by atoms with Crippen molar-refractivity contribution in [2.75, 3.05) is 70.0 Å². The number of anilines is 6. The molecule has 42 heteroatoms. The number of thiophene rings is 3. The molecular weight excluding hydrogens is 1660 g/mol. The first kappa shape index (κ1) is 85.4. The van der Waals surface area contributed by atoms with Gasteiger partial charge in [0, 0.05) is 84.5 Å². The highest BCUT2D eigenvalue weighted by molar-refractivity contribution is 7.92. The van der Waals surface area contributed by atoms with Crippen molar-refractivity contribution in [3.8, 4) is 31.3 Å². The summed E-state index contributed by atoms with van der Waals surface area (Å²) in [4.78, 5) is 43.6. The lowest BCUT2D eigenvalue weighted by atomic mass is 10.1. The van der Waals surface area contributed by atoms with E-state index >= 15 is 0 Å². The molecule has 27 nitrogen and oxygen atoms in total. The van der Waals surface area contributed by atoms with Crippen molar-refractivity contribution in [2.24, 2.45) is 0 Å². The van der Waals surface area contributed by atoms with Gasteiger partial charge in [-0.1, -0.05) is 78.6 Å². The van der Waals surface area contributed by atoms with Crippen molar-refractivity contribution < 1.29 is 78.1 Å². The summed E-state index contributed by atoms with van der Waals surface area (Å²) in [6.07, 6.45) is 3.68. The molecule has 3 aromatic heterocycles. The number of benzene rings is 6. The molecule has 3 saturated heterocycles. The number of hydrogen-bond acceptors (Lipinski definition) is 18. The van der Waals surface area contributed by atoms with Crippen LogP contribution in [0.25, 0.3) is 31.3 Å². The molecule has 9 N–H and O–H groups in total. The second-order valence-corrected chi connectivity index (χ2v) is 39.7. The molecule has 6 aromatic carbocycles. The van der Waals surface area contributed by atoms with Crippen LogP contribution in [0.4, 0.5) is 47.3 Å². The molecule has 6 atom stereocenters. The Hall–Kier alpha value is -7.65. The fourth-order valence-corrected chi connectivity index (χ4v) is 20.6. The number of amides is 3. The second-order valence-electron chi connectivity index (χ2n) is 24.6. The van der Waals surface area contributed by atoms with Crippen LogP contribution in [0, 0.1) is 17.5 Å². The van der Waals surface area contributed by atoms with E-state index in [1.54, 1.807) is 91.0 Å². The molecule has 0 spiro atoms. The number of carbonyl (C=O) groups is 3. The Bertz CT molecular complexity index is 5080. The quantitative estimate of drug-likeness (QED) is 0.0385. The van der Waals surface area contributed by atoms with Gasteiger partial charge < -0.3 is 16.0 Å². The Morgan fingerprint density at radius 1 is 0.385 bits per heavy atom. The van der Waals surface area contributed by atoms with E-state index in [0.29, 0.717) is 31.7 Å². The molecule has 3 amide bonds. The molecular formula is C67H70Cl3F3N12O15S9. The van der Waals surface area contributed by atoms with Crippen molar-refractivity contribution in [2.45, 2.75) is 62.9 Å². The van der Waals surface area contributed by atoms with Gasteiger partial charge in [0.15, 0.2) is 0 Å². The Kier molecular flexibility index (Phi) is 27.0. The number of sulfonamides is 3. The van der Waals surface area contributed by atoms with Crippen LogP contribution in [-0.4, -0.2) is 139 Å². The van der Waals surface area contributed by atoms with Gasteiger partial charge >= 0.3 is 0 Å². The molecule has 0 saturated carbocycles. The van der Waals surface area contributed by atoms with E-state index in [2.05, 4.69) is 44.3 Å². The largest absolute Gasteiger partial charge is 0.325 e. The van der Waals surface area contributed by atoms with Crippen molar-refractivity contribution in [1.29, 1.82) is 0 Å². The number of hydrogen-bond donors (Lipinski definition) is 9. The van der Waals surface area contributed by atoms with Gasteiger partial charge in [0.05, 0.1) is 52.0 Å². The average molecular weight is 1740 g/mol. The lowest BCUT2D eigenvalue weighted by molar-refractivity contribution is -0.120. The third-order valence-electron chi connectivity index (χ3n) is 16.5. The maximum atomic E-state index is 13.4. The standard InChI is InChI=1S/3C22H22ClFN4O5S3.CH4/c3*1-28-19(22(29)25-15-7-8-17(24)16(23)11-15)12-18(27-36(28,32)33)21-10-9-20(34-21)13-3-5-14(6-4-13)26-35(2,30)31;/h3*3-11,18-19,26-27H,12H2,1-2H3,(H,25,29);1H4/t2*18-,19+;;/m10../s1. The van der Waals surface area contributed by atoms with E-state index in [9.17, 15) is 78.1 Å². The van der Waals surface area contributed by atoms with Crippen LogP contribution < -0.4 is 44.3 Å². The molecule has 0 aliphatic carbocycles. The SMILES string of the molecule is C.CN1C(C(=O)Nc2ccc(F)c(Cl)c2)CC(c2ccc(-c3ccc(NS(C)(=O)=O)cc3)s2)NS1(=O)=O.CN1[C@@H](C(=O)Nc2ccc(F)c(Cl)c2)C[C@@H](c2ccc(-c3ccc(NS(C)(=O)=O)cc3)s2)NS1(=O)=O.CN1[C@H](C(=O)Nc2ccc(F)c(Cl)c2)C[C@H](c2ccc(-c3ccc(NS(C)(=O)=O)cc3)s2)NS1(=O)=O. The highest BCUT2D eigenvalue weighted by Crippen LogP contribution is 2.41. The maximum absolute atomic E-state index is 13.4. The number of rotatable bonds is 18. The molecule has 0 radical (unpaired) electrons. The molecule has 6 heterocycles. The lowest BCUT2D eigenvalue weighted by Gasteiger charge is -2.35. The van der Waals surface area contributed by atoms with Gasteiger partial charge in [-0.05, 0) is 163 Å². The Morgan fingerprint density at radius 3 is 0.817 bits per heavy atom. The minimum absolute atomic E-state index is 0. The molecule has 3 aliphatic heterocycles. The predicted octanol–water partition coefficient (Wildman–Crippen LogP) is 12.0. The van der Waals surface area contributed by atoms with E-state index in [1.165, 1.54) is 91.6 Å². The smallest absolute Gasteiger partial charge is 0.280 e. The van der Waals surface area contributed by atoms with Gasteiger partial charge in [0.2, 0.25) is 47.8 Å². The van der Waals surface area contributed by atoms with Crippen molar-refractivity contribution in [1.82, 2.24) is 27.1 Å². The summed E-state index contributed by atoms with van der Waals surface area (Å²) in [5.41, 5.74) is 4.50. The minimum Gasteiger partial charge on any atom is -0.325 e. The summed E-state index contributed by atoms with van der Waals surface area (Å²) in [6, 6.07) is 37.3. The summed E-state index contributed by atoms with van der Waals surface area (Å²) in [5.74, 6) is -3.61.